The molecule has 3 nitrogen and oxygen atoms in total. The van der Waals surface area contributed by atoms with Crippen LogP contribution in [0, 0.1) is 20.8 Å². The number of carboxylic acids is 1. The van der Waals surface area contributed by atoms with Crippen molar-refractivity contribution in [3.63, 3.8) is 0 Å². The number of aliphatic carboxylic acids is 1. The minimum atomic E-state index is -0.754. The predicted octanol–water partition coefficient (Wildman–Crippen LogP) is 3.11. The lowest BCUT2D eigenvalue weighted by atomic mass is 10.0. The van der Waals surface area contributed by atoms with Crippen molar-refractivity contribution >= 4 is 16.9 Å². The first kappa shape index (κ1) is 11.7. The number of aromatic amines is 1. The third kappa shape index (κ3) is 2.18. The molecule has 90 valence electrons. The molecule has 0 amide bonds. The minimum absolute atomic E-state index is 0.172. The van der Waals surface area contributed by atoms with Gasteiger partial charge < -0.3 is 10.1 Å². The van der Waals surface area contributed by atoms with Crippen molar-refractivity contribution < 1.29 is 9.90 Å². The largest absolute Gasteiger partial charge is 0.481 e. The lowest BCUT2D eigenvalue weighted by molar-refractivity contribution is -0.136. The first-order valence-electron chi connectivity index (χ1n) is 5.79. The fourth-order valence-electron chi connectivity index (χ4n) is 2.45. The van der Waals surface area contributed by atoms with Gasteiger partial charge in [-0.15, -0.1) is 0 Å². The van der Waals surface area contributed by atoms with Gasteiger partial charge in [-0.3, -0.25) is 4.79 Å². The van der Waals surface area contributed by atoms with Crippen molar-refractivity contribution in [2.75, 3.05) is 0 Å². The topological polar surface area (TPSA) is 53.1 Å². The van der Waals surface area contributed by atoms with Gasteiger partial charge in [0.2, 0.25) is 0 Å². The maximum atomic E-state index is 10.6. The minimum Gasteiger partial charge on any atom is -0.481 e. The summed E-state index contributed by atoms with van der Waals surface area (Å²) in [5, 5.41) is 9.96. The Bertz CT molecular complexity index is 581. The molecule has 0 aliphatic heterocycles. The average Bonchev–Trinajstić information content (AvgIpc) is 2.52. The lowest BCUT2D eigenvalue weighted by Crippen LogP contribution is -1.98. The highest BCUT2D eigenvalue weighted by atomic mass is 16.4. The second-order valence-electron chi connectivity index (χ2n) is 4.63. The highest BCUT2D eigenvalue weighted by molar-refractivity contribution is 5.88. The van der Waals surface area contributed by atoms with E-state index in [1.54, 1.807) is 0 Å². The van der Waals surface area contributed by atoms with E-state index in [0.717, 1.165) is 11.2 Å². The van der Waals surface area contributed by atoms with Crippen LogP contribution in [-0.4, -0.2) is 16.1 Å². The van der Waals surface area contributed by atoms with E-state index in [-0.39, 0.29) is 6.42 Å². The number of carbonyl (C=O) groups is 1. The average molecular weight is 231 g/mol. The summed E-state index contributed by atoms with van der Waals surface area (Å²) in [6.07, 6.45) is 0.736. The van der Waals surface area contributed by atoms with Gasteiger partial charge in [0.05, 0.1) is 6.42 Å². The van der Waals surface area contributed by atoms with Gasteiger partial charge in [-0.2, -0.15) is 0 Å². The number of aromatic nitrogens is 1. The molecule has 0 radical (unpaired) electrons. The van der Waals surface area contributed by atoms with Gasteiger partial charge >= 0.3 is 5.97 Å². The Morgan fingerprint density at radius 3 is 2.65 bits per heavy atom. The Morgan fingerprint density at radius 1 is 1.29 bits per heavy atom. The van der Waals surface area contributed by atoms with Crippen molar-refractivity contribution in [1.82, 2.24) is 4.98 Å². The summed E-state index contributed by atoms with van der Waals surface area (Å²) in [5.41, 5.74) is 5.80. The molecule has 1 heterocycles. The molecule has 0 aliphatic rings. The number of benzene rings is 1. The van der Waals surface area contributed by atoms with Crippen molar-refractivity contribution in [2.45, 2.75) is 33.6 Å². The number of hydrogen-bond donors (Lipinski definition) is 2. The monoisotopic (exact) mass is 231 g/mol. The quantitative estimate of drug-likeness (QED) is 0.852. The van der Waals surface area contributed by atoms with Crippen molar-refractivity contribution in [3.8, 4) is 0 Å². The molecule has 0 unspecified atom stereocenters. The van der Waals surface area contributed by atoms with Crippen LogP contribution in [0.2, 0.25) is 0 Å². The van der Waals surface area contributed by atoms with Crippen LogP contribution in [-0.2, 0) is 11.2 Å². The van der Waals surface area contributed by atoms with Crippen LogP contribution in [0.15, 0.2) is 12.1 Å². The molecule has 2 rings (SSSR count). The summed E-state index contributed by atoms with van der Waals surface area (Å²) in [4.78, 5) is 13.9. The van der Waals surface area contributed by atoms with Crippen LogP contribution >= 0.6 is 0 Å². The summed E-state index contributed by atoms with van der Waals surface area (Å²) in [6, 6.07) is 4.27. The number of rotatable bonds is 3. The summed E-state index contributed by atoms with van der Waals surface area (Å²) in [7, 11) is 0. The van der Waals surface area contributed by atoms with Crippen molar-refractivity contribution in [3.05, 3.63) is 34.5 Å². The zero-order valence-corrected chi connectivity index (χ0v) is 10.4. The third-order valence-corrected chi connectivity index (χ3v) is 3.18. The van der Waals surface area contributed by atoms with Crippen molar-refractivity contribution in [1.29, 1.82) is 0 Å². The fraction of sp³-hybridized carbons (Fsp3) is 0.357. The molecule has 0 aliphatic carbocycles. The van der Waals surface area contributed by atoms with Crippen LogP contribution in [0.3, 0.4) is 0 Å². The second kappa shape index (κ2) is 4.24. The van der Waals surface area contributed by atoms with Gasteiger partial charge in [-0.1, -0.05) is 6.07 Å². The zero-order valence-electron chi connectivity index (χ0n) is 10.4. The van der Waals surface area contributed by atoms with Gasteiger partial charge in [0.25, 0.3) is 0 Å². The Balaban J connectivity index is 2.49. The third-order valence-electron chi connectivity index (χ3n) is 3.18. The van der Waals surface area contributed by atoms with E-state index in [1.807, 2.05) is 0 Å². The number of fused-ring (bicyclic) bond motifs is 1. The van der Waals surface area contributed by atoms with Crippen molar-refractivity contribution in [2.24, 2.45) is 0 Å². The molecule has 0 saturated carbocycles. The summed E-state index contributed by atoms with van der Waals surface area (Å²) in [6.45, 7) is 6.22. The molecule has 2 N–H and O–H groups in total. The van der Waals surface area contributed by atoms with Crippen LogP contribution in [0.25, 0.3) is 10.9 Å². The predicted molar refractivity (Wildman–Crippen MR) is 68.5 cm³/mol. The molecular weight excluding hydrogens is 214 g/mol. The smallest absolute Gasteiger partial charge is 0.303 e. The SMILES string of the molecule is Cc1cc(C)c2c(C)c(CCC(=O)O)[nH]c2c1. The van der Waals surface area contributed by atoms with E-state index in [2.05, 4.69) is 37.9 Å². The van der Waals surface area contributed by atoms with E-state index in [0.29, 0.717) is 6.42 Å². The standard InChI is InChI=1S/C14H17NO2/c1-8-6-9(2)14-10(3)11(4-5-13(16)17)15-12(14)7-8/h6-7,15H,4-5H2,1-3H3,(H,16,17). The van der Waals surface area contributed by atoms with Gasteiger partial charge in [-0.25, -0.2) is 0 Å². The van der Waals surface area contributed by atoms with Crippen LogP contribution in [0.1, 0.15) is 28.8 Å². The number of H-pyrrole nitrogens is 1. The van der Waals surface area contributed by atoms with E-state index in [4.69, 9.17) is 5.11 Å². The number of aryl methyl sites for hydroxylation is 4. The summed E-state index contributed by atoms with van der Waals surface area (Å²) >= 11 is 0. The van der Waals surface area contributed by atoms with E-state index in [9.17, 15) is 4.79 Å². The van der Waals surface area contributed by atoms with Crippen LogP contribution < -0.4 is 0 Å². The molecule has 0 spiro atoms. The Morgan fingerprint density at radius 2 is 2.00 bits per heavy atom. The maximum Gasteiger partial charge on any atom is 0.303 e. The molecule has 0 saturated heterocycles. The van der Waals surface area contributed by atoms with E-state index in [1.165, 1.54) is 22.1 Å². The molecule has 3 heteroatoms. The molecule has 17 heavy (non-hydrogen) atoms. The molecule has 0 atom stereocenters. The van der Waals surface area contributed by atoms with Crippen LogP contribution in [0.5, 0.6) is 0 Å². The van der Waals surface area contributed by atoms with Gasteiger partial charge in [-0.05, 0) is 49.9 Å². The lowest BCUT2D eigenvalue weighted by Gasteiger charge is -2.00. The molecule has 2 aromatic rings. The number of nitrogens with one attached hydrogen (secondary N) is 1. The summed E-state index contributed by atoms with van der Waals surface area (Å²) < 4.78 is 0. The Labute approximate surface area is 100 Å². The second-order valence-corrected chi connectivity index (χ2v) is 4.63. The van der Waals surface area contributed by atoms with Crippen LogP contribution in [0.4, 0.5) is 0 Å². The molecular formula is C14H17NO2. The zero-order chi connectivity index (χ0) is 12.6. The Kier molecular flexibility index (Phi) is 2.92. The molecule has 1 aromatic heterocycles. The molecule has 0 fully saturated rings. The normalized spacial score (nSPS) is 11.0. The van der Waals surface area contributed by atoms with Gasteiger partial charge in [0.15, 0.2) is 0 Å². The Hall–Kier alpha value is -1.77. The summed E-state index contributed by atoms with van der Waals surface area (Å²) in [5.74, 6) is -0.754. The fourth-order valence-corrected chi connectivity index (χ4v) is 2.45. The molecule has 1 aromatic carbocycles. The van der Waals surface area contributed by atoms with E-state index >= 15 is 0 Å². The first-order chi connectivity index (χ1) is 7.99. The number of carboxylic acid groups (broad SMARTS) is 1. The van der Waals surface area contributed by atoms with E-state index < -0.39 is 5.97 Å². The first-order valence-corrected chi connectivity index (χ1v) is 5.79. The molecule has 0 bridgehead atoms. The number of hydrogen-bond acceptors (Lipinski definition) is 1. The highest BCUT2D eigenvalue weighted by Crippen LogP contribution is 2.27. The maximum absolute atomic E-state index is 10.6. The highest BCUT2D eigenvalue weighted by Gasteiger charge is 2.11. The van der Waals surface area contributed by atoms with Gasteiger partial charge in [0.1, 0.15) is 0 Å². The van der Waals surface area contributed by atoms with Gasteiger partial charge in [0, 0.05) is 16.6 Å².